The Hall–Kier alpha value is -3.88. The summed E-state index contributed by atoms with van der Waals surface area (Å²) in [5.41, 5.74) is 1.18. The van der Waals surface area contributed by atoms with Gasteiger partial charge >= 0.3 is 6.03 Å². The van der Waals surface area contributed by atoms with E-state index < -0.39 is 36.0 Å². The van der Waals surface area contributed by atoms with Crippen LogP contribution in [-0.4, -0.2) is 54.9 Å². The minimum Gasteiger partial charge on any atom is -0.477 e. The van der Waals surface area contributed by atoms with Gasteiger partial charge in [-0.1, -0.05) is 36.4 Å². The van der Waals surface area contributed by atoms with E-state index in [0.717, 1.165) is 35.3 Å². The van der Waals surface area contributed by atoms with Crippen molar-refractivity contribution in [1.82, 2.24) is 15.5 Å². The Kier molecular flexibility index (Phi) is 5.47. The number of nitrogens with zero attached hydrogens (tertiary/aromatic N) is 2. The van der Waals surface area contributed by atoms with Crippen molar-refractivity contribution in [2.24, 2.45) is 0 Å². The van der Waals surface area contributed by atoms with Gasteiger partial charge in [0.1, 0.15) is 17.8 Å². The molecule has 9 heteroatoms. The lowest BCUT2D eigenvalue weighted by Crippen LogP contribution is -2.53. The molecule has 176 valence electrons. The summed E-state index contributed by atoms with van der Waals surface area (Å²) >= 11 is 0. The van der Waals surface area contributed by atoms with Gasteiger partial charge < -0.3 is 20.3 Å². The van der Waals surface area contributed by atoms with Crippen molar-refractivity contribution in [3.8, 4) is 5.75 Å². The van der Waals surface area contributed by atoms with Crippen LogP contribution in [0.1, 0.15) is 30.4 Å². The van der Waals surface area contributed by atoms with Crippen LogP contribution in [0.5, 0.6) is 5.75 Å². The van der Waals surface area contributed by atoms with Crippen LogP contribution in [0.15, 0.2) is 48.5 Å². The number of ether oxygens (including phenoxy) is 1. The topological polar surface area (TPSA) is 108 Å². The third-order valence-electron chi connectivity index (χ3n) is 6.81. The van der Waals surface area contributed by atoms with E-state index in [0.29, 0.717) is 17.9 Å². The summed E-state index contributed by atoms with van der Waals surface area (Å²) in [7, 11) is 1.50. The minimum absolute atomic E-state index is 0.0207. The third kappa shape index (κ3) is 3.48. The number of amides is 5. The van der Waals surface area contributed by atoms with E-state index in [1.54, 1.807) is 24.3 Å². The number of nitrogens with one attached hydrogen (secondary N) is 2. The molecule has 2 heterocycles. The van der Waals surface area contributed by atoms with Gasteiger partial charge in [-0.25, -0.2) is 4.79 Å². The van der Waals surface area contributed by atoms with Crippen molar-refractivity contribution in [1.29, 1.82) is 0 Å². The van der Waals surface area contributed by atoms with Crippen LogP contribution in [0.2, 0.25) is 0 Å². The van der Waals surface area contributed by atoms with E-state index in [4.69, 9.17) is 4.74 Å². The average Bonchev–Trinajstić information content (AvgIpc) is 2.99. The SMILES string of the molecule is CNC(=O)C1CN(C(=O)CN2C(=O)NC3(CCCCc4ccccc43)C2=O)c2ccccc2O1. The van der Waals surface area contributed by atoms with E-state index >= 15 is 0 Å². The molecule has 0 radical (unpaired) electrons. The van der Waals surface area contributed by atoms with Crippen LogP contribution in [-0.2, 0) is 26.3 Å². The Morgan fingerprint density at radius 1 is 1.12 bits per heavy atom. The van der Waals surface area contributed by atoms with Crippen molar-refractivity contribution in [2.75, 3.05) is 25.0 Å². The van der Waals surface area contributed by atoms with Crippen molar-refractivity contribution < 1.29 is 23.9 Å². The zero-order valence-electron chi connectivity index (χ0n) is 18.9. The van der Waals surface area contributed by atoms with Crippen LogP contribution < -0.4 is 20.3 Å². The highest BCUT2D eigenvalue weighted by Gasteiger charge is 2.54. The molecule has 2 unspecified atom stereocenters. The molecule has 5 amide bonds. The second-order valence-corrected chi connectivity index (χ2v) is 8.78. The van der Waals surface area contributed by atoms with E-state index in [9.17, 15) is 19.2 Å². The van der Waals surface area contributed by atoms with Gasteiger partial charge in [-0.05, 0) is 48.9 Å². The number of rotatable bonds is 3. The summed E-state index contributed by atoms with van der Waals surface area (Å²) < 4.78 is 5.75. The molecule has 9 nitrogen and oxygen atoms in total. The molecule has 2 aromatic rings. The second-order valence-electron chi connectivity index (χ2n) is 8.78. The number of hydrogen-bond acceptors (Lipinski definition) is 5. The second kappa shape index (κ2) is 8.48. The Labute approximate surface area is 197 Å². The smallest absolute Gasteiger partial charge is 0.325 e. The largest absolute Gasteiger partial charge is 0.477 e. The summed E-state index contributed by atoms with van der Waals surface area (Å²) in [4.78, 5) is 54.7. The first kappa shape index (κ1) is 21.9. The van der Waals surface area contributed by atoms with Gasteiger partial charge in [0.25, 0.3) is 11.8 Å². The first-order valence-corrected chi connectivity index (χ1v) is 11.4. The quantitative estimate of drug-likeness (QED) is 0.675. The maximum Gasteiger partial charge on any atom is 0.325 e. The minimum atomic E-state index is -1.15. The van der Waals surface area contributed by atoms with Crippen molar-refractivity contribution in [3.05, 3.63) is 59.7 Å². The Morgan fingerprint density at radius 2 is 1.88 bits per heavy atom. The first-order chi connectivity index (χ1) is 16.4. The maximum absolute atomic E-state index is 13.7. The molecular formula is C25H26N4O5. The number of hydrogen-bond donors (Lipinski definition) is 2. The predicted molar refractivity (Wildman–Crippen MR) is 123 cm³/mol. The van der Waals surface area contributed by atoms with Gasteiger partial charge in [-0.15, -0.1) is 0 Å². The van der Waals surface area contributed by atoms with E-state index in [1.165, 1.54) is 11.9 Å². The van der Waals surface area contributed by atoms with Gasteiger partial charge in [-0.2, -0.15) is 0 Å². The maximum atomic E-state index is 13.7. The normalized spacial score (nSPS) is 23.5. The van der Waals surface area contributed by atoms with Crippen LogP contribution in [0, 0.1) is 0 Å². The lowest BCUT2D eigenvalue weighted by molar-refractivity contribution is -0.135. The van der Waals surface area contributed by atoms with Gasteiger partial charge in [0.2, 0.25) is 5.91 Å². The summed E-state index contributed by atoms with van der Waals surface area (Å²) in [6.07, 6.45) is 2.13. The monoisotopic (exact) mass is 462 g/mol. The fraction of sp³-hybridized carbons (Fsp3) is 0.360. The molecule has 2 atom stereocenters. The molecule has 1 fully saturated rings. The molecule has 3 aliphatic rings. The van der Waals surface area contributed by atoms with Gasteiger partial charge in [0.05, 0.1) is 12.2 Å². The van der Waals surface area contributed by atoms with Gasteiger partial charge in [0.15, 0.2) is 6.10 Å². The molecule has 2 N–H and O–H groups in total. The number of imide groups is 1. The van der Waals surface area contributed by atoms with Crippen molar-refractivity contribution in [3.63, 3.8) is 0 Å². The molecule has 2 aliphatic heterocycles. The standard InChI is InChI=1S/C25H26N4O5/c1-26-22(31)20-14-28(18-11-4-5-12-19(18)34-20)21(30)15-29-23(32)25(27-24(29)33)13-7-6-9-16-8-2-3-10-17(16)25/h2-5,8,10-12,20H,6-7,9,13-15H2,1H3,(H,26,31)(H,27,33). The Bertz CT molecular complexity index is 1180. The number of fused-ring (bicyclic) bond motifs is 3. The Morgan fingerprint density at radius 3 is 2.71 bits per heavy atom. The molecule has 1 spiro atoms. The summed E-state index contributed by atoms with van der Waals surface area (Å²) in [5, 5.41) is 5.44. The Balaban J connectivity index is 1.43. The van der Waals surface area contributed by atoms with Crippen molar-refractivity contribution in [2.45, 2.75) is 37.3 Å². The lowest BCUT2D eigenvalue weighted by atomic mass is 9.84. The van der Waals surface area contributed by atoms with E-state index in [-0.39, 0.29) is 12.5 Å². The fourth-order valence-corrected chi connectivity index (χ4v) is 5.11. The number of benzene rings is 2. The predicted octanol–water partition coefficient (Wildman–Crippen LogP) is 1.70. The first-order valence-electron chi connectivity index (χ1n) is 11.4. The number of aryl methyl sites for hydroxylation is 1. The number of carbonyl (C=O) groups is 4. The number of carbonyl (C=O) groups excluding carboxylic acids is 4. The molecule has 0 bridgehead atoms. The number of para-hydroxylation sites is 2. The van der Waals surface area contributed by atoms with Crippen LogP contribution in [0.3, 0.4) is 0 Å². The molecule has 2 aromatic carbocycles. The number of anilines is 1. The average molecular weight is 463 g/mol. The van der Waals surface area contributed by atoms with Crippen LogP contribution in [0.25, 0.3) is 0 Å². The zero-order valence-corrected chi connectivity index (χ0v) is 18.9. The number of urea groups is 1. The van der Waals surface area contributed by atoms with Crippen molar-refractivity contribution >= 4 is 29.4 Å². The summed E-state index contributed by atoms with van der Waals surface area (Å²) in [6.45, 7) is -0.448. The molecular weight excluding hydrogens is 436 g/mol. The molecule has 5 rings (SSSR count). The summed E-state index contributed by atoms with van der Waals surface area (Å²) in [6, 6.07) is 14.0. The van der Waals surface area contributed by atoms with Crippen LogP contribution in [0.4, 0.5) is 10.5 Å². The van der Waals surface area contributed by atoms with Gasteiger partial charge in [0, 0.05) is 7.05 Å². The zero-order chi connectivity index (χ0) is 23.9. The molecule has 34 heavy (non-hydrogen) atoms. The molecule has 1 saturated heterocycles. The van der Waals surface area contributed by atoms with E-state index in [2.05, 4.69) is 10.6 Å². The van der Waals surface area contributed by atoms with Crippen LogP contribution >= 0.6 is 0 Å². The fourth-order valence-electron chi connectivity index (χ4n) is 5.11. The lowest BCUT2D eigenvalue weighted by Gasteiger charge is -2.34. The van der Waals surface area contributed by atoms with E-state index in [1.807, 2.05) is 24.3 Å². The molecule has 0 aromatic heterocycles. The molecule has 1 aliphatic carbocycles. The highest BCUT2D eigenvalue weighted by Crippen LogP contribution is 2.39. The third-order valence-corrected chi connectivity index (χ3v) is 6.81. The summed E-state index contributed by atoms with van der Waals surface area (Å²) in [5.74, 6) is -0.852. The highest BCUT2D eigenvalue weighted by molar-refractivity contribution is 6.11. The van der Waals surface area contributed by atoms with Gasteiger partial charge in [-0.3, -0.25) is 19.3 Å². The molecule has 0 saturated carbocycles. The number of likely N-dealkylation sites (N-methyl/N-ethyl adjacent to an activating group) is 1. The highest BCUT2D eigenvalue weighted by atomic mass is 16.5.